The van der Waals surface area contributed by atoms with Gasteiger partial charge in [0.05, 0.1) is 0 Å². The lowest BCUT2D eigenvalue weighted by Crippen LogP contribution is -2.34. The van der Waals surface area contributed by atoms with Crippen molar-refractivity contribution < 1.29 is 27.8 Å². The lowest BCUT2D eigenvalue weighted by atomic mass is 10.00. The Balaban J connectivity index is 2.32. The highest BCUT2D eigenvalue weighted by atomic mass is 32.2. The highest BCUT2D eigenvalue weighted by Crippen LogP contribution is 2.41. The second-order valence-electron chi connectivity index (χ2n) is 3.67. The molecule has 1 aliphatic rings. The van der Waals surface area contributed by atoms with Crippen LogP contribution in [0.2, 0.25) is 0 Å². The molecule has 0 spiro atoms. The molecule has 1 atom stereocenters. The van der Waals surface area contributed by atoms with E-state index >= 15 is 0 Å². The van der Waals surface area contributed by atoms with Crippen molar-refractivity contribution in [1.29, 1.82) is 0 Å². The van der Waals surface area contributed by atoms with E-state index in [1.54, 1.807) is 0 Å². The van der Waals surface area contributed by atoms with Gasteiger partial charge in [-0.15, -0.1) is 11.8 Å². The number of carbonyl (C=O) groups is 1. The van der Waals surface area contributed by atoms with Gasteiger partial charge in [0.15, 0.2) is 0 Å². The number of thioether (sulfide) groups is 1. The molecule has 94 valence electrons. The molecule has 0 amide bonds. The topological polar surface area (TPSA) is 46.5 Å². The Bertz CT molecular complexity index is 249. The summed E-state index contributed by atoms with van der Waals surface area (Å²) in [6, 6.07) is 0. The molecule has 0 bridgehead atoms. The van der Waals surface area contributed by atoms with Gasteiger partial charge in [0.1, 0.15) is 11.4 Å². The second kappa shape index (κ2) is 5.27. The minimum Gasteiger partial charge on any atom is -0.480 e. The van der Waals surface area contributed by atoms with Crippen LogP contribution in [0, 0.1) is 0 Å². The molecule has 1 fully saturated rings. The van der Waals surface area contributed by atoms with Crippen LogP contribution in [0.15, 0.2) is 0 Å². The van der Waals surface area contributed by atoms with Gasteiger partial charge in [0.25, 0.3) is 0 Å². The van der Waals surface area contributed by atoms with Crippen molar-refractivity contribution in [2.45, 2.75) is 30.2 Å². The molecule has 1 heterocycles. The third kappa shape index (κ3) is 3.86. The first-order valence-corrected chi connectivity index (χ1v) is 5.86. The van der Waals surface area contributed by atoms with Crippen molar-refractivity contribution in [2.24, 2.45) is 0 Å². The van der Waals surface area contributed by atoms with Gasteiger partial charge in [0.2, 0.25) is 0 Å². The summed E-state index contributed by atoms with van der Waals surface area (Å²) >= 11 is 1.30. The van der Waals surface area contributed by atoms with Gasteiger partial charge in [-0.25, -0.2) is 0 Å². The third-order valence-electron chi connectivity index (χ3n) is 2.41. The van der Waals surface area contributed by atoms with E-state index in [1.807, 2.05) is 0 Å². The number of aliphatic carboxylic acids is 1. The average Bonchev–Trinajstić information content (AvgIpc) is 2.60. The lowest BCUT2D eigenvalue weighted by Gasteiger charge is -2.22. The number of halogens is 3. The Morgan fingerprint density at radius 3 is 2.62 bits per heavy atom. The highest BCUT2D eigenvalue weighted by molar-refractivity contribution is 8.01. The zero-order chi connectivity index (χ0) is 12.2. The van der Waals surface area contributed by atoms with Gasteiger partial charge in [-0.05, 0) is 25.0 Å². The fourth-order valence-electron chi connectivity index (χ4n) is 1.60. The summed E-state index contributed by atoms with van der Waals surface area (Å²) in [6.45, 7) is -1.48. The van der Waals surface area contributed by atoms with Crippen molar-refractivity contribution in [1.82, 2.24) is 0 Å². The number of hydrogen-bond donors (Lipinski definition) is 1. The smallest absolute Gasteiger partial charge is 0.411 e. The Hall–Kier alpha value is -0.430. The quantitative estimate of drug-likeness (QED) is 0.769. The fourth-order valence-corrected chi connectivity index (χ4v) is 2.91. The summed E-state index contributed by atoms with van der Waals surface area (Å²) in [4.78, 5) is 11.0. The first-order chi connectivity index (χ1) is 7.36. The minimum absolute atomic E-state index is 0.128. The summed E-state index contributed by atoms with van der Waals surface area (Å²) < 4.78 is 38.8. The molecule has 1 rings (SSSR count). The van der Waals surface area contributed by atoms with E-state index in [0.29, 0.717) is 6.42 Å². The first kappa shape index (κ1) is 13.6. The third-order valence-corrected chi connectivity index (χ3v) is 4.04. The number of ether oxygens (including phenoxy) is 1. The Morgan fingerprint density at radius 2 is 2.19 bits per heavy atom. The van der Waals surface area contributed by atoms with Gasteiger partial charge in [0, 0.05) is 6.61 Å². The molecule has 0 aromatic carbocycles. The predicted molar refractivity (Wildman–Crippen MR) is 53.5 cm³/mol. The summed E-state index contributed by atoms with van der Waals surface area (Å²) in [5.41, 5.74) is 0. The average molecular weight is 258 g/mol. The molecule has 0 aromatic heterocycles. The molecule has 0 radical (unpaired) electrons. The van der Waals surface area contributed by atoms with Crippen molar-refractivity contribution in [3.8, 4) is 0 Å². The van der Waals surface area contributed by atoms with Crippen LogP contribution >= 0.6 is 11.8 Å². The Morgan fingerprint density at radius 1 is 1.50 bits per heavy atom. The van der Waals surface area contributed by atoms with Gasteiger partial charge in [-0.3, -0.25) is 4.79 Å². The maximum Gasteiger partial charge on any atom is 0.411 e. The number of rotatable bonds is 5. The fraction of sp³-hybridized carbons (Fsp3) is 0.889. The van der Waals surface area contributed by atoms with Crippen LogP contribution < -0.4 is 0 Å². The van der Waals surface area contributed by atoms with Crippen molar-refractivity contribution in [3.63, 3.8) is 0 Å². The van der Waals surface area contributed by atoms with E-state index in [-0.39, 0.29) is 13.0 Å². The summed E-state index contributed by atoms with van der Waals surface area (Å²) in [7, 11) is 0. The van der Waals surface area contributed by atoms with E-state index < -0.39 is 23.5 Å². The zero-order valence-electron chi connectivity index (χ0n) is 8.55. The monoisotopic (exact) mass is 258 g/mol. The molecule has 1 N–H and O–H groups in total. The minimum atomic E-state index is -4.35. The van der Waals surface area contributed by atoms with Crippen LogP contribution in [0.1, 0.15) is 19.3 Å². The summed E-state index contributed by atoms with van der Waals surface area (Å²) in [5.74, 6) is -0.212. The predicted octanol–water partition coefficient (Wildman–Crippen LogP) is 2.31. The van der Waals surface area contributed by atoms with Gasteiger partial charge < -0.3 is 9.84 Å². The van der Waals surface area contributed by atoms with E-state index in [4.69, 9.17) is 5.11 Å². The molecular weight excluding hydrogens is 245 g/mol. The van der Waals surface area contributed by atoms with Crippen LogP contribution in [0.5, 0.6) is 0 Å². The Kier molecular flexibility index (Phi) is 4.49. The zero-order valence-corrected chi connectivity index (χ0v) is 9.36. The van der Waals surface area contributed by atoms with Crippen LogP contribution in [0.4, 0.5) is 13.2 Å². The number of alkyl halides is 3. The number of carboxylic acids is 1. The SMILES string of the molecule is O=C(O)C1(CCOCC(F)(F)F)CCCS1. The van der Waals surface area contributed by atoms with E-state index in [9.17, 15) is 18.0 Å². The maximum absolute atomic E-state index is 11.8. The second-order valence-corrected chi connectivity index (χ2v) is 5.15. The molecule has 1 unspecified atom stereocenters. The largest absolute Gasteiger partial charge is 0.480 e. The molecule has 0 aliphatic carbocycles. The standard InChI is InChI=1S/C9H13F3O3S/c10-9(11,12)6-15-4-3-8(7(13)14)2-1-5-16-8/h1-6H2,(H,13,14). The van der Waals surface area contributed by atoms with E-state index in [2.05, 4.69) is 4.74 Å². The van der Waals surface area contributed by atoms with Crippen LogP contribution in [-0.2, 0) is 9.53 Å². The molecule has 7 heteroatoms. The van der Waals surface area contributed by atoms with Crippen LogP contribution in [0.25, 0.3) is 0 Å². The molecule has 0 saturated carbocycles. The summed E-state index contributed by atoms with van der Waals surface area (Å²) in [6.07, 6.45) is -2.93. The van der Waals surface area contributed by atoms with Crippen LogP contribution in [-0.4, -0.2) is 41.0 Å². The number of hydrogen-bond acceptors (Lipinski definition) is 3. The van der Waals surface area contributed by atoms with Crippen molar-refractivity contribution in [2.75, 3.05) is 19.0 Å². The molecule has 0 aromatic rings. The number of carboxylic acid groups (broad SMARTS) is 1. The van der Waals surface area contributed by atoms with Gasteiger partial charge in [-0.1, -0.05) is 0 Å². The molecular formula is C9H13F3O3S. The summed E-state index contributed by atoms with van der Waals surface area (Å²) in [5, 5.41) is 9.02. The Labute approximate surface area is 95.3 Å². The van der Waals surface area contributed by atoms with Crippen LogP contribution in [0.3, 0.4) is 0 Å². The molecule has 1 aliphatic heterocycles. The van der Waals surface area contributed by atoms with Gasteiger partial charge >= 0.3 is 12.1 Å². The van der Waals surface area contributed by atoms with Crippen molar-refractivity contribution in [3.05, 3.63) is 0 Å². The molecule has 16 heavy (non-hydrogen) atoms. The molecule has 3 nitrogen and oxygen atoms in total. The van der Waals surface area contributed by atoms with Crippen molar-refractivity contribution >= 4 is 17.7 Å². The lowest BCUT2D eigenvalue weighted by molar-refractivity contribution is -0.174. The molecule has 1 saturated heterocycles. The van der Waals surface area contributed by atoms with Gasteiger partial charge in [-0.2, -0.15) is 13.2 Å². The van der Waals surface area contributed by atoms with E-state index in [0.717, 1.165) is 12.2 Å². The maximum atomic E-state index is 11.8. The normalized spacial score (nSPS) is 25.9. The van der Waals surface area contributed by atoms with E-state index in [1.165, 1.54) is 11.8 Å². The highest BCUT2D eigenvalue weighted by Gasteiger charge is 2.42. The first-order valence-electron chi connectivity index (χ1n) is 4.88.